The normalized spacial score (nSPS) is 24.3. The number of hydrogen-bond acceptors (Lipinski definition) is 3. The fourth-order valence-electron chi connectivity index (χ4n) is 2.39. The second kappa shape index (κ2) is 3.15. The number of aromatic nitrogens is 2. The van der Waals surface area contributed by atoms with E-state index in [1.165, 1.54) is 24.3 Å². The van der Waals surface area contributed by atoms with Crippen molar-refractivity contribution in [3.05, 3.63) is 5.69 Å². The highest BCUT2D eigenvalue weighted by Crippen LogP contribution is 2.38. The van der Waals surface area contributed by atoms with Crippen LogP contribution in [-0.4, -0.2) is 22.4 Å². The average Bonchev–Trinajstić information content (AvgIpc) is 3.05. The number of fused-ring (bicyclic) bond motifs is 1. The van der Waals surface area contributed by atoms with Crippen LogP contribution in [0.3, 0.4) is 0 Å². The zero-order valence-corrected chi connectivity index (χ0v) is 9.38. The Morgan fingerprint density at radius 2 is 2.27 bits per heavy atom. The maximum Gasteiger partial charge on any atom is 0.148 e. The van der Waals surface area contributed by atoms with Crippen molar-refractivity contribution in [3.8, 4) is 0 Å². The third-order valence-corrected chi connectivity index (χ3v) is 3.44. The summed E-state index contributed by atoms with van der Waals surface area (Å²) in [6.07, 6.45) is 2.77. The van der Waals surface area contributed by atoms with E-state index in [2.05, 4.69) is 34.3 Å². The number of aryl methyl sites for hydroxylation is 2. The molecule has 0 aromatic carbocycles. The summed E-state index contributed by atoms with van der Waals surface area (Å²) >= 11 is 0. The molecule has 15 heavy (non-hydrogen) atoms. The van der Waals surface area contributed by atoms with Crippen LogP contribution in [0.15, 0.2) is 0 Å². The maximum atomic E-state index is 4.52. The maximum absolute atomic E-state index is 4.52. The first-order chi connectivity index (χ1) is 7.29. The Morgan fingerprint density at radius 1 is 1.47 bits per heavy atom. The summed E-state index contributed by atoms with van der Waals surface area (Å²) in [5.74, 6) is 2.07. The minimum Gasteiger partial charge on any atom is -0.378 e. The van der Waals surface area contributed by atoms with Gasteiger partial charge < -0.3 is 10.6 Å². The van der Waals surface area contributed by atoms with E-state index in [4.69, 9.17) is 0 Å². The first-order valence-corrected chi connectivity index (χ1v) is 5.87. The molecule has 2 heterocycles. The van der Waals surface area contributed by atoms with Gasteiger partial charge in [0.25, 0.3) is 0 Å². The van der Waals surface area contributed by atoms with Gasteiger partial charge in [0, 0.05) is 19.1 Å². The topological polar surface area (TPSA) is 41.9 Å². The van der Waals surface area contributed by atoms with Gasteiger partial charge in [-0.05, 0) is 32.6 Å². The molecule has 4 nitrogen and oxygen atoms in total. The first-order valence-electron chi connectivity index (χ1n) is 5.87. The molecule has 1 aromatic rings. The molecule has 82 valence electrons. The van der Waals surface area contributed by atoms with Gasteiger partial charge in [0.05, 0.1) is 5.69 Å². The molecule has 0 amide bonds. The van der Waals surface area contributed by atoms with Crippen LogP contribution in [0.5, 0.6) is 0 Å². The van der Waals surface area contributed by atoms with Gasteiger partial charge in [-0.3, -0.25) is 0 Å². The van der Waals surface area contributed by atoms with Crippen LogP contribution < -0.4 is 10.6 Å². The summed E-state index contributed by atoms with van der Waals surface area (Å²) in [6.45, 7) is 6.18. The van der Waals surface area contributed by atoms with Crippen molar-refractivity contribution in [1.82, 2.24) is 9.78 Å². The van der Waals surface area contributed by atoms with Gasteiger partial charge in [-0.15, -0.1) is 0 Å². The molecule has 0 bridgehead atoms. The number of anilines is 2. The number of hydrogen-bond donors (Lipinski definition) is 2. The third-order valence-electron chi connectivity index (χ3n) is 3.44. The van der Waals surface area contributed by atoms with Gasteiger partial charge in [0.1, 0.15) is 11.5 Å². The summed E-state index contributed by atoms with van der Waals surface area (Å²) in [4.78, 5) is 0. The predicted octanol–water partition coefficient (Wildman–Crippen LogP) is 1.83. The zero-order valence-electron chi connectivity index (χ0n) is 9.38. The monoisotopic (exact) mass is 206 g/mol. The Bertz CT molecular complexity index is 378. The molecule has 3 rings (SSSR count). The molecule has 1 saturated carbocycles. The molecule has 1 aliphatic carbocycles. The van der Waals surface area contributed by atoms with E-state index in [-0.39, 0.29) is 0 Å². The van der Waals surface area contributed by atoms with Crippen molar-refractivity contribution < 1.29 is 0 Å². The highest BCUT2D eigenvalue weighted by molar-refractivity contribution is 5.70. The average molecular weight is 206 g/mol. The lowest BCUT2D eigenvalue weighted by atomic mass is 10.1. The highest BCUT2D eigenvalue weighted by atomic mass is 15.4. The smallest absolute Gasteiger partial charge is 0.148 e. The molecule has 0 radical (unpaired) electrons. The molecular weight excluding hydrogens is 188 g/mol. The fourth-order valence-corrected chi connectivity index (χ4v) is 2.39. The van der Waals surface area contributed by atoms with Crippen LogP contribution in [0, 0.1) is 12.8 Å². The molecule has 1 atom stereocenters. The van der Waals surface area contributed by atoms with Crippen molar-refractivity contribution in [2.45, 2.75) is 39.3 Å². The van der Waals surface area contributed by atoms with Gasteiger partial charge >= 0.3 is 0 Å². The second-order valence-corrected chi connectivity index (χ2v) is 4.59. The summed E-state index contributed by atoms with van der Waals surface area (Å²) in [6, 6.07) is 0.610. The van der Waals surface area contributed by atoms with Crippen LogP contribution in [0.1, 0.15) is 25.5 Å². The summed E-state index contributed by atoms with van der Waals surface area (Å²) < 4.78 is 2.06. The van der Waals surface area contributed by atoms with Crippen LogP contribution in [-0.2, 0) is 6.54 Å². The molecule has 2 N–H and O–H groups in total. The first kappa shape index (κ1) is 9.07. The van der Waals surface area contributed by atoms with Crippen LogP contribution in [0.4, 0.5) is 11.5 Å². The van der Waals surface area contributed by atoms with Gasteiger partial charge in [-0.2, -0.15) is 5.10 Å². The predicted molar refractivity (Wildman–Crippen MR) is 61.3 cm³/mol. The molecule has 4 heteroatoms. The lowest BCUT2D eigenvalue weighted by Crippen LogP contribution is -2.35. The molecule has 1 aliphatic heterocycles. The Balaban J connectivity index is 1.92. The van der Waals surface area contributed by atoms with E-state index in [1.807, 2.05) is 0 Å². The lowest BCUT2D eigenvalue weighted by Gasteiger charge is -2.27. The van der Waals surface area contributed by atoms with E-state index in [0.717, 1.165) is 24.7 Å². The van der Waals surface area contributed by atoms with E-state index in [1.54, 1.807) is 0 Å². The van der Waals surface area contributed by atoms with Crippen molar-refractivity contribution in [3.63, 3.8) is 0 Å². The SMILES string of the molecule is CCn1nc(C)c2c1NC(C1CC1)CN2. The largest absolute Gasteiger partial charge is 0.378 e. The van der Waals surface area contributed by atoms with E-state index >= 15 is 0 Å². The summed E-state index contributed by atoms with van der Waals surface area (Å²) in [7, 11) is 0. The molecule has 1 aromatic heterocycles. The van der Waals surface area contributed by atoms with Gasteiger partial charge in [0.2, 0.25) is 0 Å². The molecule has 0 spiro atoms. The molecule has 1 fully saturated rings. The van der Waals surface area contributed by atoms with E-state index in [9.17, 15) is 0 Å². The third kappa shape index (κ3) is 1.39. The fraction of sp³-hybridized carbons (Fsp3) is 0.727. The van der Waals surface area contributed by atoms with E-state index < -0.39 is 0 Å². The minimum absolute atomic E-state index is 0.610. The van der Waals surface area contributed by atoms with E-state index in [0.29, 0.717) is 6.04 Å². The van der Waals surface area contributed by atoms with Crippen LogP contribution in [0.25, 0.3) is 0 Å². The Labute approximate surface area is 90.0 Å². The standard InChI is InChI=1S/C11H18N4/c1-3-15-11-10(7(2)14-15)12-6-9(13-11)8-4-5-8/h8-9,12-13H,3-6H2,1-2H3. The minimum atomic E-state index is 0.610. The summed E-state index contributed by atoms with van der Waals surface area (Å²) in [5.41, 5.74) is 2.31. The Morgan fingerprint density at radius 3 is 2.93 bits per heavy atom. The Hall–Kier alpha value is -1.19. The van der Waals surface area contributed by atoms with Crippen LogP contribution >= 0.6 is 0 Å². The van der Waals surface area contributed by atoms with Crippen LogP contribution in [0.2, 0.25) is 0 Å². The molecule has 1 unspecified atom stereocenters. The summed E-state index contributed by atoms with van der Waals surface area (Å²) in [5, 5.41) is 11.7. The zero-order chi connectivity index (χ0) is 10.4. The highest BCUT2D eigenvalue weighted by Gasteiger charge is 2.35. The van der Waals surface area contributed by atoms with Crippen molar-refractivity contribution >= 4 is 11.5 Å². The van der Waals surface area contributed by atoms with Gasteiger partial charge in [-0.25, -0.2) is 4.68 Å². The number of rotatable bonds is 2. The Kier molecular flexibility index (Phi) is 1.90. The van der Waals surface area contributed by atoms with Gasteiger partial charge in [0.15, 0.2) is 0 Å². The lowest BCUT2D eigenvalue weighted by molar-refractivity contribution is 0.613. The van der Waals surface area contributed by atoms with Crippen molar-refractivity contribution in [1.29, 1.82) is 0 Å². The molecule has 2 aliphatic rings. The second-order valence-electron chi connectivity index (χ2n) is 4.59. The van der Waals surface area contributed by atoms with Crippen molar-refractivity contribution in [2.24, 2.45) is 5.92 Å². The number of nitrogens with one attached hydrogen (secondary N) is 2. The quantitative estimate of drug-likeness (QED) is 0.775. The molecule has 0 saturated heterocycles. The molecular formula is C11H18N4. The number of nitrogens with zero attached hydrogens (tertiary/aromatic N) is 2. The van der Waals surface area contributed by atoms with Gasteiger partial charge in [-0.1, -0.05) is 0 Å². The van der Waals surface area contributed by atoms with Crippen molar-refractivity contribution in [2.75, 3.05) is 17.2 Å².